The summed E-state index contributed by atoms with van der Waals surface area (Å²) in [6, 6.07) is 0.000950. The number of aromatic nitrogens is 1. The van der Waals surface area contributed by atoms with Crippen molar-refractivity contribution in [1.82, 2.24) is 15.2 Å². The van der Waals surface area contributed by atoms with E-state index in [1.54, 1.807) is 11.3 Å². The van der Waals surface area contributed by atoms with Gasteiger partial charge in [-0.05, 0) is 46.0 Å². The van der Waals surface area contributed by atoms with Crippen molar-refractivity contribution in [3.63, 3.8) is 0 Å². The molecule has 3 rings (SSSR count). The van der Waals surface area contributed by atoms with E-state index >= 15 is 0 Å². The van der Waals surface area contributed by atoms with Gasteiger partial charge in [-0.2, -0.15) is 0 Å². The molecule has 1 aromatic rings. The van der Waals surface area contributed by atoms with Crippen molar-refractivity contribution >= 4 is 23.2 Å². The van der Waals surface area contributed by atoms with E-state index in [0.29, 0.717) is 5.91 Å². The van der Waals surface area contributed by atoms with E-state index in [4.69, 9.17) is 0 Å². The first kappa shape index (κ1) is 17.4. The molecule has 0 bridgehead atoms. The van der Waals surface area contributed by atoms with Crippen LogP contribution in [0.2, 0.25) is 0 Å². The van der Waals surface area contributed by atoms with Crippen molar-refractivity contribution in [2.75, 3.05) is 13.1 Å². The van der Waals surface area contributed by atoms with Gasteiger partial charge in [-0.25, -0.2) is 4.98 Å². The molecule has 1 aliphatic carbocycles. The molecule has 2 heterocycles. The Morgan fingerprint density at radius 2 is 1.88 bits per heavy atom. The van der Waals surface area contributed by atoms with E-state index in [1.807, 2.05) is 11.8 Å². The van der Waals surface area contributed by atoms with E-state index in [-0.39, 0.29) is 23.8 Å². The van der Waals surface area contributed by atoms with Crippen molar-refractivity contribution in [3.8, 4) is 0 Å². The number of hydrogen-bond acceptors (Lipinski definition) is 4. The molecular weight excluding hydrogens is 322 g/mol. The SMILES string of the molecule is CCC(NC(=O)C1CCN(C(=O)C2CC2)CC1)c1nc(C)c(C)s1. The molecular formula is C18H27N3O2S. The molecule has 0 aromatic carbocycles. The van der Waals surface area contributed by atoms with Crippen molar-refractivity contribution in [1.29, 1.82) is 0 Å². The summed E-state index contributed by atoms with van der Waals surface area (Å²) in [6.45, 7) is 7.60. The molecule has 1 saturated heterocycles. The smallest absolute Gasteiger partial charge is 0.225 e. The average Bonchev–Trinajstić information content (AvgIpc) is 3.38. The lowest BCUT2D eigenvalue weighted by atomic mass is 9.95. The fraction of sp³-hybridized carbons (Fsp3) is 0.722. The third-order valence-corrected chi connectivity index (χ3v) is 6.36. The highest BCUT2D eigenvalue weighted by molar-refractivity contribution is 7.11. The minimum atomic E-state index is 0.000950. The van der Waals surface area contributed by atoms with Gasteiger partial charge in [-0.15, -0.1) is 11.3 Å². The van der Waals surface area contributed by atoms with Crippen LogP contribution in [-0.4, -0.2) is 34.8 Å². The lowest BCUT2D eigenvalue weighted by Crippen LogP contribution is -2.44. The van der Waals surface area contributed by atoms with Crippen LogP contribution in [-0.2, 0) is 9.59 Å². The molecule has 132 valence electrons. The van der Waals surface area contributed by atoms with Crippen molar-refractivity contribution in [2.24, 2.45) is 11.8 Å². The second kappa shape index (κ2) is 7.21. The molecule has 1 unspecified atom stereocenters. The standard InChI is InChI=1S/C18H27N3O2S/c1-4-15(17-19-11(2)12(3)24-17)20-16(22)13-7-9-21(10-8-13)18(23)14-5-6-14/h13-15H,4-10H2,1-3H3,(H,20,22). The lowest BCUT2D eigenvalue weighted by molar-refractivity contribution is -0.136. The van der Waals surface area contributed by atoms with Crippen LogP contribution < -0.4 is 5.32 Å². The third-order valence-electron chi connectivity index (χ3n) is 5.17. The first-order valence-corrected chi connectivity index (χ1v) is 9.84. The van der Waals surface area contributed by atoms with Gasteiger partial charge in [0.1, 0.15) is 5.01 Å². The molecule has 5 nitrogen and oxygen atoms in total. The summed E-state index contributed by atoms with van der Waals surface area (Å²) in [5.74, 6) is 0.709. The van der Waals surface area contributed by atoms with Gasteiger partial charge in [0.25, 0.3) is 0 Å². The lowest BCUT2D eigenvalue weighted by Gasteiger charge is -2.32. The Kier molecular flexibility index (Phi) is 5.23. The summed E-state index contributed by atoms with van der Waals surface area (Å²) < 4.78 is 0. The zero-order valence-corrected chi connectivity index (χ0v) is 15.6. The molecule has 6 heteroatoms. The number of carbonyl (C=O) groups excluding carboxylic acids is 2. The molecule has 24 heavy (non-hydrogen) atoms. The van der Waals surface area contributed by atoms with Crippen molar-refractivity contribution in [2.45, 2.75) is 58.9 Å². The number of rotatable bonds is 5. The Morgan fingerprint density at radius 3 is 2.38 bits per heavy atom. The molecule has 2 fully saturated rings. The molecule has 0 spiro atoms. The molecule has 1 aromatic heterocycles. The highest BCUT2D eigenvalue weighted by Gasteiger charge is 2.36. The van der Waals surface area contributed by atoms with Crippen LogP contribution in [0.1, 0.15) is 60.6 Å². The first-order valence-electron chi connectivity index (χ1n) is 9.02. The van der Waals surface area contributed by atoms with Gasteiger partial charge >= 0.3 is 0 Å². The maximum absolute atomic E-state index is 12.6. The monoisotopic (exact) mass is 349 g/mol. The Balaban J connectivity index is 1.53. The predicted molar refractivity (Wildman–Crippen MR) is 94.8 cm³/mol. The van der Waals surface area contributed by atoms with Crippen LogP contribution in [0.4, 0.5) is 0 Å². The van der Waals surface area contributed by atoms with E-state index in [0.717, 1.165) is 55.9 Å². The second-order valence-corrected chi connectivity index (χ2v) is 8.27. The Morgan fingerprint density at radius 1 is 1.21 bits per heavy atom. The summed E-state index contributed by atoms with van der Waals surface area (Å²) in [4.78, 5) is 32.5. The number of amides is 2. The predicted octanol–water partition coefficient (Wildman–Crippen LogP) is 2.98. The zero-order chi connectivity index (χ0) is 17.3. The molecule has 0 radical (unpaired) electrons. The fourth-order valence-corrected chi connectivity index (χ4v) is 4.28. The molecule has 2 amide bonds. The molecule has 1 saturated carbocycles. The average molecular weight is 350 g/mol. The van der Waals surface area contributed by atoms with E-state index < -0.39 is 0 Å². The van der Waals surface area contributed by atoms with Crippen LogP contribution in [0.3, 0.4) is 0 Å². The summed E-state index contributed by atoms with van der Waals surface area (Å²) in [5.41, 5.74) is 1.05. The Labute approximate surface area is 147 Å². The number of nitrogens with zero attached hydrogens (tertiary/aromatic N) is 2. The molecule has 1 atom stereocenters. The van der Waals surface area contributed by atoms with Crippen molar-refractivity contribution in [3.05, 3.63) is 15.6 Å². The largest absolute Gasteiger partial charge is 0.347 e. The van der Waals surface area contributed by atoms with E-state index in [9.17, 15) is 9.59 Å². The summed E-state index contributed by atoms with van der Waals surface area (Å²) >= 11 is 1.67. The quantitative estimate of drug-likeness (QED) is 0.889. The number of hydrogen-bond donors (Lipinski definition) is 1. The number of nitrogens with one attached hydrogen (secondary N) is 1. The molecule has 1 aliphatic heterocycles. The normalized spacial score (nSPS) is 20.0. The molecule has 2 aliphatic rings. The second-order valence-electron chi connectivity index (χ2n) is 7.04. The van der Waals surface area contributed by atoms with Crippen LogP contribution in [0, 0.1) is 25.7 Å². The number of carbonyl (C=O) groups is 2. The van der Waals surface area contributed by atoms with Gasteiger partial charge in [-0.3, -0.25) is 9.59 Å². The molecule has 1 N–H and O–H groups in total. The van der Waals surface area contributed by atoms with Crippen molar-refractivity contribution < 1.29 is 9.59 Å². The van der Waals surface area contributed by atoms with Gasteiger partial charge in [-0.1, -0.05) is 6.92 Å². The van der Waals surface area contributed by atoms with Crippen LogP contribution in [0.25, 0.3) is 0 Å². The third kappa shape index (κ3) is 3.79. The highest BCUT2D eigenvalue weighted by atomic mass is 32.1. The number of piperidine rings is 1. The summed E-state index contributed by atoms with van der Waals surface area (Å²) in [6.07, 6.45) is 4.48. The summed E-state index contributed by atoms with van der Waals surface area (Å²) in [7, 11) is 0. The number of aryl methyl sites for hydroxylation is 2. The highest BCUT2D eigenvalue weighted by Crippen LogP contribution is 2.32. The zero-order valence-electron chi connectivity index (χ0n) is 14.8. The van der Waals surface area contributed by atoms with Crippen LogP contribution >= 0.6 is 11.3 Å². The minimum absolute atomic E-state index is 0.000950. The maximum Gasteiger partial charge on any atom is 0.225 e. The van der Waals surface area contributed by atoms with Gasteiger partial charge < -0.3 is 10.2 Å². The number of thiazole rings is 1. The van der Waals surface area contributed by atoms with Crippen LogP contribution in [0.5, 0.6) is 0 Å². The van der Waals surface area contributed by atoms with Gasteiger partial charge in [0.05, 0.1) is 11.7 Å². The minimum Gasteiger partial charge on any atom is -0.347 e. The topological polar surface area (TPSA) is 62.3 Å². The Hall–Kier alpha value is -1.43. The summed E-state index contributed by atoms with van der Waals surface area (Å²) in [5, 5.41) is 4.18. The fourth-order valence-electron chi connectivity index (χ4n) is 3.23. The van der Waals surface area contributed by atoms with E-state index in [2.05, 4.69) is 24.1 Å². The van der Waals surface area contributed by atoms with Crippen LogP contribution in [0.15, 0.2) is 0 Å². The van der Waals surface area contributed by atoms with Gasteiger partial charge in [0, 0.05) is 29.8 Å². The maximum atomic E-state index is 12.6. The van der Waals surface area contributed by atoms with Gasteiger partial charge in [0.2, 0.25) is 11.8 Å². The van der Waals surface area contributed by atoms with E-state index in [1.165, 1.54) is 4.88 Å². The first-order chi connectivity index (χ1) is 11.5. The Bertz CT molecular complexity index is 596. The number of likely N-dealkylation sites (tertiary alicyclic amines) is 1. The van der Waals surface area contributed by atoms with Gasteiger partial charge in [0.15, 0.2) is 0 Å².